The van der Waals surface area contributed by atoms with Crippen molar-refractivity contribution in [3.8, 4) is 0 Å². The molecule has 112 valence electrons. The van der Waals surface area contributed by atoms with Gasteiger partial charge in [-0.05, 0) is 12.1 Å². The van der Waals surface area contributed by atoms with E-state index in [0.29, 0.717) is 0 Å². The fourth-order valence-corrected chi connectivity index (χ4v) is 2.43. The van der Waals surface area contributed by atoms with Gasteiger partial charge in [0, 0.05) is 6.07 Å². The summed E-state index contributed by atoms with van der Waals surface area (Å²) in [6, 6.07) is 2.69. The molecule has 0 aromatic heterocycles. The first-order valence-corrected chi connectivity index (χ1v) is 6.36. The molecule has 1 rings (SSSR count). The van der Waals surface area contributed by atoms with Crippen LogP contribution in [-0.4, -0.2) is 26.1 Å². The van der Waals surface area contributed by atoms with E-state index in [1.54, 1.807) is 0 Å². The molecule has 20 heavy (non-hydrogen) atoms. The number of halogens is 3. The highest BCUT2D eigenvalue weighted by Crippen LogP contribution is 2.27. The Morgan fingerprint density at radius 2 is 1.95 bits per heavy atom. The number of rotatable bonds is 5. The molecule has 0 fully saturated rings. The molecule has 0 saturated carbocycles. The van der Waals surface area contributed by atoms with Crippen molar-refractivity contribution in [2.24, 2.45) is 5.84 Å². The Hall–Kier alpha value is -1.92. The van der Waals surface area contributed by atoms with Crippen molar-refractivity contribution >= 4 is 21.4 Å². The second-order valence-electron chi connectivity index (χ2n) is 3.52. The van der Waals surface area contributed by atoms with Crippen LogP contribution in [0.3, 0.4) is 0 Å². The summed E-state index contributed by atoms with van der Waals surface area (Å²) in [4.78, 5) is 8.77. The standard InChI is InChI=1S/C8H9F3N4O4S/c9-8(10,11)4-13-20(18,19)7-3-5(14-12)1-2-6(7)15(16)17/h1-3,13-14H,4,12H2. The summed E-state index contributed by atoms with van der Waals surface area (Å²) in [5.41, 5.74) is 1.17. The van der Waals surface area contributed by atoms with E-state index in [0.717, 1.165) is 18.2 Å². The summed E-state index contributed by atoms with van der Waals surface area (Å²) in [6.07, 6.45) is -4.79. The number of nitro groups is 1. The van der Waals surface area contributed by atoms with E-state index in [9.17, 15) is 31.7 Å². The highest BCUT2D eigenvalue weighted by atomic mass is 32.2. The van der Waals surface area contributed by atoms with Gasteiger partial charge in [0.2, 0.25) is 10.0 Å². The van der Waals surface area contributed by atoms with Gasteiger partial charge in [-0.25, -0.2) is 13.1 Å². The van der Waals surface area contributed by atoms with Crippen molar-refractivity contribution in [2.45, 2.75) is 11.1 Å². The van der Waals surface area contributed by atoms with Crippen LogP contribution in [0.5, 0.6) is 0 Å². The van der Waals surface area contributed by atoms with E-state index >= 15 is 0 Å². The Morgan fingerprint density at radius 3 is 2.40 bits per heavy atom. The Bertz CT molecular complexity index is 617. The zero-order valence-corrected chi connectivity index (χ0v) is 10.5. The quantitative estimate of drug-likeness (QED) is 0.417. The third kappa shape index (κ3) is 4.04. The fraction of sp³-hybridized carbons (Fsp3) is 0.250. The zero-order valence-electron chi connectivity index (χ0n) is 9.64. The van der Waals surface area contributed by atoms with E-state index in [2.05, 4.69) is 0 Å². The van der Waals surface area contributed by atoms with Crippen LogP contribution in [0.15, 0.2) is 23.1 Å². The lowest BCUT2D eigenvalue weighted by Gasteiger charge is -2.10. The van der Waals surface area contributed by atoms with Gasteiger partial charge in [0.15, 0.2) is 4.90 Å². The number of anilines is 1. The Balaban J connectivity index is 3.25. The number of nitrogens with zero attached hydrogens (tertiary/aromatic N) is 1. The maximum atomic E-state index is 12.0. The predicted molar refractivity (Wildman–Crippen MR) is 62.2 cm³/mol. The number of sulfonamides is 1. The molecule has 4 N–H and O–H groups in total. The minimum absolute atomic E-state index is 0.0111. The Morgan fingerprint density at radius 1 is 1.35 bits per heavy atom. The van der Waals surface area contributed by atoms with Gasteiger partial charge in [0.05, 0.1) is 10.6 Å². The second-order valence-corrected chi connectivity index (χ2v) is 5.26. The largest absolute Gasteiger partial charge is 0.402 e. The van der Waals surface area contributed by atoms with Gasteiger partial charge < -0.3 is 5.43 Å². The molecular weight excluding hydrogens is 305 g/mol. The maximum absolute atomic E-state index is 12.0. The average Bonchev–Trinajstić information content (AvgIpc) is 2.35. The normalized spacial score (nSPS) is 12.2. The Labute approximate surface area is 110 Å². The van der Waals surface area contributed by atoms with E-state index < -0.39 is 38.3 Å². The topological polar surface area (TPSA) is 127 Å². The molecule has 0 heterocycles. The number of hydrazine groups is 1. The zero-order chi connectivity index (χ0) is 15.6. The molecular formula is C8H9F3N4O4S. The summed E-state index contributed by atoms with van der Waals surface area (Å²) in [6.45, 7) is -1.84. The molecule has 12 heteroatoms. The molecule has 0 atom stereocenters. The van der Waals surface area contributed by atoms with Gasteiger partial charge in [0.25, 0.3) is 5.69 Å². The van der Waals surface area contributed by atoms with E-state index in [-0.39, 0.29) is 5.69 Å². The molecule has 0 bridgehead atoms. The number of nitro benzene ring substituents is 1. The lowest BCUT2D eigenvalue weighted by molar-refractivity contribution is -0.387. The Kier molecular flexibility index (Phi) is 4.52. The molecule has 0 amide bonds. The molecule has 0 radical (unpaired) electrons. The summed E-state index contributed by atoms with van der Waals surface area (Å²) in [7, 11) is -4.71. The third-order valence-electron chi connectivity index (χ3n) is 2.08. The van der Waals surface area contributed by atoms with Crippen LogP contribution in [-0.2, 0) is 10.0 Å². The van der Waals surface area contributed by atoms with Crippen LogP contribution in [0.25, 0.3) is 0 Å². The van der Waals surface area contributed by atoms with Gasteiger partial charge >= 0.3 is 6.18 Å². The first-order chi connectivity index (χ1) is 9.07. The number of hydrogen-bond acceptors (Lipinski definition) is 6. The fourth-order valence-electron chi connectivity index (χ4n) is 1.22. The van der Waals surface area contributed by atoms with Gasteiger partial charge in [-0.2, -0.15) is 13.2 Å². The van der Waals surface area contributed by atoms with Gasteiger partial charge in [0.1, 0.15) is 6.54 Å². The molecule has 8 nitrogen and oxygen atoms in total. The van der Waals surface area contributed by atoms with Crippen LogP contribution in [0.4, 0.5) is 24.5 Å². The van der Waals surface area contributed by atoms with Crippen LogP contribution in [0.1, 0.15) is 0 Å². The van der Waals surface area contributed by atoms with E-state index in [1.807, 2.05) is 5.43 Å². The van der Waals surface area contributed by atoms with Crippen LogP contribution >= 0.6 is 0 Å². The number of hydrogen-bond donors (Lipinski definition) is 3. The molecule has 0 aliphatic heterocycles. The number of nitrogens with two attached hydrogens (primary N) is 1. The molecule has 1 aromatic rings. The SMILES string of the molecule is NNc1ccc([N+](=O)[O-])c(S(=O)(=O)NCC(F)(F)F)c1. The molecule has 0 aliphatic rings. The molecule has 0 aliphatic carbocycles. The number of benzene rings is 1. The van der Waals surface area contributed by atoms with Crippen molar-refractivity contribution < 1.29 is 26.5 Å². The number of alkyl halides is 3. The smallest absolute Gasteiger partial charge is 0.324 e. The minimum Gasteiger partial charge on any atom is -0.324 e. The van der Waals surface area contributed by atoms with Gasteiger partial charge in [-0.3, -0.25) is 16.0 Å². The first kappa shape index (κ1) is 16.1. The lowest BCUT2D eigenvalue weighted by atomic mass is 10.3. The summed E-state index contributed by atoms with van der Waals surface area (Å²) < 4.78 is 60.7. The summed E-state index contributed by atoms with van der Waals surface area (Å²) >= 11 is 0. The maximum Gasteiger partial charge on any atom is 0.402 e. The van der Waals surface area contributed by atoms with Gasteiger partial charge in [-0.15, -0.1) is 0 Å². The van der Waals surface area contributed by atoms with Crippen LogP contribution in [0.2, 0.25) is 0 Å². The van der Waals surface area contributed by atoms with Crippen molar-refractivity contribution in [2.75, 3.05) is 12.0 Å². The minimum atomic E-state index is -4.79. The van der Waals surface area contributed by atoms with Crippen molar-refractivity contribution in [3.63, 3.8) is 0 Å². The third-order valence-corrected chi connectivity index (χ3v) is 3.51. The predicted octanol–water partition coefficient (Wildman–Crippen LogP) is 0.721. The monoisotopic (exact) mass is 314 g/mol. The summed E-state index contributed by atoms with van der Waals surface area (Å²) in [5, 5.41) is 10.7. The molecule has 0 saturated heterocycles. The average molecular weight is 314 g/mol. The highest BCUT2D eigenvalue weighted by molar-refractivity contribution is 7.89. The highest BCUT2D eigenvalue weighted by Gasteiger charge is 2.33. The molecule has 1 aromatic carbocycles. The second kappa shape index (κ2) is 5.60. The van der Waals surface area contributed by atoms with E-state index in [1.165, 1.54) is 4.72 Å². The summed E-state index contributed by atoms with van der Waals surface area (Å²) in [5.74, 6) is 5.02. The van der Waals surface area contributed by atoms with Crippen molar-refractivity contribution in [1.82, 2.24) is 4.72 Å². The number of nitrogen functional groups attached to an aromatic ring is 1. The van der Waals surface area contributed by atoms with Gasteiger partial charge in [-0.1, -0.05) is 0 Å². The van der Waals surface area contributed by atoms with Crippen molar-refractivity contribution in [1.29, 1.82) is 0 Å². The van der Waals surface area contributed by atoms with Crippen LogP contribution < -0.4 is 16.0 Å². The van der Waals surface area contributed by atoms with E-state index in [4.69, 9.17) is 5.84 Å². The molecule has 0 spiro atoms. The van der Waals surface area contributed by atoms with Crippen molar-refractivity contribution in [3.05, 3.63) is 28.3 Å². The first-order valence-electron chi connectivity index (χ1n) is 4.88. The lowest BCUT2D eigenvalue weighted by Crippen LogP contribution is -2.34. The molecule has 0 unspecified atom stereocenters. The number of nitrogens with one attached hydrogen (secondary N) is 2. The van der Waals surface area contributed by atoms with Crippen LogP contribution in [0, 0.1) is 10.1 Å².